The molecule has 1 aliphatic heterocycles. The lowest BCUT2D eigenvalue weighted by atomic mass is 10.1. The zero-order valence-electron chi connectivity index (χ0n) is 9.17. The van der Waals surface area contributed by atoms with Crippen LogP contribution in [0.3, 0.4) is 0 Å². The summed E-state index contributed by atoms with van der Waals surface area (Å²) in [5, 5.41) is 16.8. The Morgan fingerprint density at radius 3 is 2.76 bits per heavy atom. The Kier molecular flexibility index (Phi) is 1.98. The van der Waals surface area contributed by atoms with Crippen LogP contribution in [0.1, 0.15) is 18.7 Å². The lowest BCUT2D eigenvalue weighted by Crippen LogP contribution is -2.44. The van der Waals surface area contributed by atoms with Gasteiger partial charge in [-0.05, 0) is 12.8 Å². The highest BCUT2D eigenvalue weighted by Crippen LogP contribution is 2.47. The minimum atomic E-state index is -1.15. The van der Waals surface area contributed by atoms with Crippen molar-refractivity contribution in [3.8, 4) is 0 Å². The molecule has 7 heteroatoms. The van der Waals surface area contributed by atoms with E-state index in [0.29, 0.717) is 38.3 Å². The van der Waals surface area contributed by atoms with E-state index in [1.807, 2.05) is 4.57 Å². The molecular formula is C10H12N4O3. The molecule has 1 aliphatic carbocycles. The van der Waals surface area contributed by atoms with Crippen LogP contribution in [0.2, 0.25) is 0 Å². The standard InChI is InChI=1S/C10H12N4O3/c15-8(10(1-2-10)9(16)17)13-3-4-14-6-11-12-7(14)5-13/h6H,1-5H2,(H,16,17). The second kappa shape index (κ2) is 3.28. The lowest BCUT2D eigenvalue weighted by molar-refractivity contribution is -0.154. The quantitative estimate of drug-likeness (QED) is 0.698. The van der Waals surface area contributed by atoms with Crippen LogP contribution in [0.4, 0.5) is 0 Å². The Morgan fingerprint density at radius 2 is 2.12 bits per heavy atom. The van der Waals surface area contributed by atoms with Crippen molar-refractivity contribution in [2.75, 3.05) is 6.54 Å². The van der Waals surface area contributed by atoms with Crippen molar-refractivity contribution in [3.05, 3.63) is 12.2 Å². The third kappa shape index (κ3) is 1.42. The van der Waals surface area contributed by atoms with Crippen LogP contribution in [0.5, 0.6) is 0 Å². The van der Waals surface area contributed by atoms with E-state index in [9.17, 15) is 9.59 Å². The largest absolute Gasteiger partial charge is 0.480 e. The zero-order chi connectivity index (χ0) is 12.0. The normalized spacial score (nSPS) is 20.8. The Labute approximate surface area is 97.0 Å². The van der Waals surface area contributed by atoms with Gasteiger partial charge in [-0.1, -0.05) is 0 Å². The molecule has 1 amide bonds. The van der Waals surface area contributed by atoms with E-state index in [-0.39, 0.29) is 5.91 Å². The Morgan fingerprint density at radius 1 is 1.35 bits per heavy atom. The van der Waals surface area contributed by atoms with E-state index < -0.39 is 11.4 Å². The number of aliphatic carboxylic acids is 1. The van der Waals surface area contributed by atoms with Crippen LogP contribution in [0.25, 0.3) is 0 Å². The van der Waals surface area contributed by atoms with Gasteiger partial charge in [0.25, 0.3) is 0 Å². The highest BCUT2D eigenvalue weighted by atomic mass is 16.4. The molecule has 0 saturated heterocycles. The van der Waals surface area contributed by atoms with Crippen molar-refractivity contribution in [1.82, 2.24) is 19.7 Å². The number of aromatic nitrogens is 3. The fourth-order valence-electron chi connectivity index (χ4n) is 2.19. The van der Waals surface area contributed by atoms with E-state index in [4.69, 9.17) is 5.11 Å². The number of carboxylic acid groups (broad SMARTS) is 1. The van der Waals surface area contributed by atoms with Gasteiger partial charge < -0.3 is 14.6 Å². The maximum absolute atomic E-state index is 12.1. The first-order valence-corrected chi connectivity index (χ1v) is 5.53. The Bertz CT molecular complexity index is 491. The Hall–Kier alpha value is -1.92. The first-order valence-electron chi connectivity index (χ1n) is 5.53. The molecule has 0 aromatic carbocycles. The van der Waals surface area contributed by atoms with Gasteiger partial charge in [0.2, 0.25) is 5.91 Å². The summed E-state index contributed by atoms with van der Waals surface area (Å²) in [5.41, 5.74) is -1.15. The van der Waals surface area contributed by atoms with E-state index in [2.05, 4.69) is 10.2 Å². The van der Waals surface area contributed by atoms with Crippen LogP contribution in [-0.2, 0) is 22.7 Å². The second-order valence-corrected chi connectivity index (χ2v) is 4.55. The summed E-state index contributed by atoms with van der Waals surface area (Å²) in [5.74, 6) is -0.570. The molecule has 1 aromatic heterocycles. The van der Waals surface area contributed by atoms with Crippen molar-refractivity contribution in [1.29, 1.82) is 0 Å². The third-order valence-corrected chi connectivity index (χ3v) is 3.49. The predicted molar refractivity (Wildman–Crippen MR) is 54.7 cm³/mol. The highest BCUT2D eigenvalue weighted by molar-refractivity contribution is 6.04. The number of nitrogens with zero attached hydrogens (tertiary/aromatic N) is 4. The molecule has 1 aromatic rings. The summed E-state index contributed by atoms with van der Waals surface area (Å²) < 4.78 is 1.88. The number of rotatable bonds is 2. The van der Waals surface area contributed by atoms with Crippen LogP contribution in [0, 0.1) is 5.41 Å². The molecule has 0 atom stereocenters. The summed E-state index contributed by atoms with van der Waals surface area (Å²) in [4.78, 5) is 24.8. The summed E-state index contributed by atoms with van der Waals surface area (Å²) in [6.45, 7) is 1.51. The smallest absolute Gasteiger partial charge is 0.319 e. The maximum Gasteiger partial charge on any atom is 0.319 e. The molecule has 0 unspecified atom stereocenters. The molecule has 0 bridgehead atoms. The average molecular weight is 236 g/mol. The lowest BCUT2D eigenvalue weighted by Gasteiger charge is -2.29. The van der Waals surface area contributed by atoms with Gasteiger partial charge in [-0.25, -0.2) is 0 Å². The first kappa shape index (κ1) is 10.2. The van der Waals surface area contributed by atoms with E-state index >= 15 is 0 Å². The van der Waals surface area contributed by atoms with Gasteiger partial charge in [-0.15, -0.1) is 10.2 Å². The number of amides is 1. The molecule has 1 saturated carbocycles. The molecule has 1 fully saturated rings. The molecular weight excluding hydrogens is 224 g/mol. The SMILES string of the molecule is O=C(O)C1(C(=O)N2CCn3cnnc3C2)CC1. The minimum Gasteiger partial charge on any atom is -0.480 e. The molecule has 2 heterocycles. The fraction of sp³-hybridized carbons (Fsp3) is 0.600. The maximum atomic E-state index is 12.1. The summed E-state index contributed by atoms with van der Waals surface area (Å²) in [6.07, 6.45) is 2.52. The minimum absolute atomic E-state index is 0.278. The summed E-state index contributed by atoms with van der Waals surface area (Å²) >= 11 is 0. The van der Waals surface area contributed by atoms with E-state index in [1.54, 1.807) is 11.2 Å². The predicted octanol–water partition coefficient (Wildman–Crippen LogP) is -0.515. The molecule has 2 aliphatic rings. The number of fused-ring (bicyclic) bond motifs is 1. The van der Waals surface area contributed by atoms with Crippen LogP contribution >= 0.6 is 0 Å². The molecule has 7 nitrogen and oxygen atoms in total. The first-order chi connectivity index (χ1) is 8.13. The summed E-state index contributed by atoms with van der Waals surface area (Å²) in [7, 11) is 0. The summed E-state index contributed by atoms with van der Waals surface area (Å²) in [6, 6.07) is 0. The number of hydrogen-bond acceptors (Lipinski definition) is 4. The van der Waals surface area contributed by atoms with Crippen molar-refractivity contribution in [2.24, 2.45) is 5.41 Å². The molecule has 17 heavy (non-hydrogen) atoms. The van der Waals surface area contributed by atoms with Gasteiger partial charge >= 0.3 is 5.97 Å². The topological polar surface area (TPSA) is 88.3 Å². The van der Waals surface area contributed by atoms with Crippen molar-refractivity contribution >= 4 is 11.9 Å². The number of carbonyl (C=O) groups excluding carboxylic acids is 1. The number of hydrogen-bond donors (Lipinski definition) is 1. The van der Waals surface area contributed by atoms with Crippen LogP contribution < -0.4 is 0 Å². The third-order valence-electron chi connectivity index (χ3n) is 3.49. The molecule has 90 valence electrons. The zero-order valence-corrected chi connectivity index (χ0v) is 9.17. The number of carbonyl (C=O) groups is 2. The van der Waals surface area contributed by atoms with Crippen molar-refractivity contribution in [2.45, 2.75) is 25.9 Å². The molecule has 1 N–H and O–H groups in total. The molecule has 0 spiro atoms. The van der Waals surface area contributed by atoms with Crippen molar-refractivity contribution in [3.63, 3.8) is 0 Å². The Balaban J connectivity index is 1.79. The van der Waals surface area contributed by atoms with Gasteiger partial charge in [-0.3, -0.25) is 9.59 Å². The fourth-order valence-corrected chi connectivity index (χ4v) is 2.19. The van der Waals surface area contributed by atoms with Gasteiger partial charge in [0.05, 0.1) is 6.54 Å². The van der Waals surface area contributed by atoms with Gasteiger partial charge in [-0.2, -0.15) is 0 Å². The van der Waals surface area contributed by atoms with E-state index in [1.165, 1.54) is 0 Å². The molecule has 3 rings (SSSR count). The highest BCUT2D eigenvalue weighted by Gasteiger charge is 2.58. The number of carboxylic acids is 1. The average Bonchev–Trinajstić information content (AvgIpc) is 3.00. The second-order valence-electron chi connectivity index (χ2n) is 4.55. The van der Waals surface area contributed by atoms with E-state index in [0.717, 1.165) is 0 Å². The van der Waals surface area contributed by atoms with Gasteiger partial charge in [0.15, 0.2) is 5.82 Å². The monoisotopic (exact) mass is 236 g/mol. The van der Waals surface area contributed by atoms with Crippen molar-refractivity contribution < 1.29 is 14.7 Å². The van der Waals surface area contributed by atoms with Crippen LogP contribution in [-0.4, -0.2) is 43.2 Å². The van der Waals surface area contributed by atoms with Gasteiger partial charge in [0, 0.05) is 13.1 Å². The molecule has 0 radical (unpaired) electrons. The van der Waals surface area contributed by atoms with Gasteiger partial charge in [0.1, 0.15) is 11.7 Å². The van der Waals surface area contributed by atoms with Crippen LogP contribution in [0.15, 0.2) is 6.33 Å².